The molecule has 0 amide bonds. The Morgan fingerprint density at radius 2 is 1.67 bits per heavy atom. The molecule has 0 aliphatic heterocycles. The number of nitrogens with one attached hydrogen (secondary N) is 1. The van der Waals surface area contributed by atoms with E-state index >= 15 is 0 Å². The minimum atomic E-state index is 0.0321. The van der Waals surface area contributed by atoms with Gasteiger partial charge in [-0.3, -0.25) is 9.36 Å². The number of carbonyl (C=O) groups excluding carboxylic acids is 1. The standard InChI is InChI=1S/C24H19ClN6OS/c1-16(32)17-9-13-20(14-10-17)26-15-29-24(33)31-23(28-29)30(21-5-3-2-4-6-21)22(27-31)18-7-11-19(25)12-8-18/h2-14,26H,15H2,1H3. The average Bonchev–Trinajstić information content (AvgIpc) is 3.35. The van der Waals surface area contributed by atoms with Crippen LogP contribution in [0.2, 0.25) is 5.02 Å². The summed E-state index contributed by atoms with van der Waals surface area (Å²) in [7, 11) is 0. The van der Waals surface area contributed by atoms with Crippen molar-refractivity contribution >= 4 is 41.1 Å². The highest BCUT2D eigenvalue weighted by molar-refractivity contribution is 7.71. The van der Waals surface area contributed by atoms with Crippen LogP contribution < -0.4 is 5.32 Å². The molecule has 0 radical (unpaired) electrons. The highest BCUT2D eigenvalue weighted by Gasteiger charge is 2.19. The molecule has 0 saturated carbocycles. The number of rotatable bonds is 6. The van der Waals surface area contributed by atoms with E-state index in [4.69, 9.17) is 34.0 Å². The molecule has 2 heterocycles. The Hall–Kier alpha value is -3.75. The van der Waals surface area contributed by atoms with Crippen molar-refractivity contribution in [2.45, 2.75) is 13.6 Å². The van der Waals surface area contributed by atoms with Crippen molar-refractivity contribution in [2.75, 3.05) is 5.32 Å². The number of Topliss-reactive ketones (excluding diaryl/α,β-unsaturated/α-hetero) is 1. The summed E-state index contributed by atoms with van der Waals surface area (Å²) in [6.45, 7) is 1.90. The zero-order valence-electron chi connectivity index (χ0n) is 17.6. The third kappa shape index (κ3) is 4.06. The molecule has 5 aromatic rings. The number of hydrogen-bond acceptors (Lipinski definition) is 5. The number of anilines is 1. The molecule has 0 saturated heterocycles. The predicted octanol–water partition coefficient (Wildman–Crippen LogP) is 5.64. The molecule has 9 heteroatoms. The maximum atomic E-state index is 11.5. The van der Waals surface area contributed by atoms with Crippen LogP contribution in [0, 0.1) is 4.77 Å². The van der Waals surface area contributed by atoms with Crippen LogP contribution in [0.25, 0.3) is 22.9 Å². The number of para-hydroxylation sites is 1. The van der Waals surface area contributed by atoms with Gasteiger partial charge in [0.2, 0.25) is 4.77 Å². The summed E-state index contributed by atoms with van der Waals surface area (Å²) in [6, 6.07) is 24.7. The first kappa shape index (κ1) is 21.1. The smallest absolute Gasteiger partial charge is 0.257 e. The Balaban J connectivity index is 1.54. The lowest BCUT2D eigenvalue weighted by Crippen LogP contribution is -2.11. The Bertz CT molecular complexity index is 1500. The highest BCUT2D eigenvalue weighted by Crippen LogP contribution is 2.26. The molecule has 3 aromatic carbocycles. The number of benzene rings is 3. The molecule has 0 aliphatic rings. The van der Waals surface area contributed by atoms with E-state index in [1.165, 1.54) is 0 Å². The first-order valence-electron chi connectivity index (χ1n) is 10.3. The van der Waals surface area contributed by atoms with Gasteiger partial charge in [0.1, 0.15) is 6.67 Å². The first-order chi connectivity index (χ1) is 16.0. The lowest BCUT2D eigenvalue weighted by Gasteiger charge is -2.08. The second kappa shape index (κ2) is 8.65. The zero-order chi connectivity index (χ0) is 22.9. The second-order valence-corrected chi connectivity index (χ2v) is 8.27. The maximum Gasteiger partial charge on any atom is 0.257 e. The van der Waals surface area contributed by atoms with Crippen LogP contribution in [0.4, 0.5) is 5.69 Å². The molecule has 5 rings (SSSR count). The number of ketones is 1. The fourth-order valence-electron chi connectivity index (χ4n) is 3.54. The van der Waals surface area contributed by atoms with E-state index < -0.39 is 0 Å². The van der Waals surface area contributed by atoms with Crippen molar-refractivity contribution in [3.63, 3.8) is 0 Å². The van der Waals surface area contributed by atoms with Gasteiger partial charge in [0.15, 0.2) is 11.6 Å². The van der Waals surface area contributed by atoms with Crippen molar-refractivity contribution in [2.24, 2.45) is 0 Å². The summed E-state index contributed by atoms with van der Waals surface area (Å²) in [6.07, 6.45) is 0. The normalized spacial score (nSPS) is 11.1. The van der Waals surface area contributed by atoms with E-state index in [0.717, 1.165) is 16.9 Å². The molecule has 0 fully saturated rings. The van der Waals surface area contributed by atoms with Crippen LogP contribution in [-0.2, 0) is 6.67 Å². The third-order valence-electron chi connectivity index (χ3n) is 5.25. The third-order valence-corrected chi connectivity index (χ3v) is 5.88. The Labute approximate surface area is 199 Å². The topological polar surface area (TPSA) is 69.2 Å². The summed E-state index contributed by atoms with van der Waals surface area (Å²) in [5, 5.41) is 13.5. The fourth-order valence-corrected chi connectivity index (χ4v) is 3.90. The molecule has 0 spiro atoms. The van der Waals surface area contributed by atoms with Gasteiger partial charge >= 0.3 is 0 Å². The number of carbonyl (C=O) groups is 1. The number of nitrogens with zero attached hydrogens (tertiary/aromatic N) is 5. The van der Waals surface area contributed by atoms with E-state index in [-0.39, 0.29) is 5.78 Å². The van der Waals surface area contributed by atoms with E-state index in [0.29, 0.717) is 33.6 Å². The van der Waals surface area contributed by atoms with Gasteiger partial charge in [-0.1, -0.05) is 29.8 Å². The van der Waals surface area contributed by atoms with E-state index in [2.05, 4.69) is 5.32 Å². The van der Waals surface area contributed by atoms with Gasteiger partial charge in [-0.2, -0.15) is 4.52 Å². The van der Waals surface area contributed by atoms with Crippen molar-refractivity contribution in [3.8, 4) is 17.1 Å². The molecule has 1 N–H and O–H groups in total. The van der Waals surface area contributed by atoms with Crippen LogP contribution in [0.3, 0.4) is 0 Å². The van der Waals surface area contributed by atoms with Crippen LogP contribution in [0.5, 0.6) is 0 Å². The summed E-state index contributed by atoms with van der Waals surface area (Å²) >= 11 is 11.8. The molecule has 0 unspecified atom stereocenters. The predicted molar refractivity (Wildman–Crippen MR) is 132 cm³/mol. The maximum absolute atomic E-state index is 11.5. The molecule has 7 nitrogen and oxygen atoms in total. The molecule has 2 aromatic heterocycles. The minimum Gasteiger partial charge on any atom is -0.366 e. The fraction of sp³-hybridized carbons (Fsp3) is 0.0833. The average molecular weight is 475 g/mol. The van der Waals surface area contributed by atoms with Crippen molar-refractivity contribution in [3.05, 3.63) is 94.2 Å². The van der Waals surface area contributed by atoms with E-state index in [1.54, 1.807) is 28.3 Å². The minimum absolute atomic E-state index is 0.0321. The van der Waals surface area contributed by atoms with E-state index in [9.17, 15) is 4.79 Å². The molecular formula is C24H19ClN6OS. The van der Waals surface area contributed by atoms with Crippen LogP contribution in [0.1, 0.15) is 17.3 Å². The van der Waals surface area contributed by atoms with Crippen molar-refractivity contribution in [1.82, 2.24) is 24.0 Å². The van der Waals surface area contributed by atoms with E-state index in [1.807, 2.05) is 71.3 Å². The summed E-state index contributed by atoms with van der Waals surface area (Å²) < 4.78 is 5.77. The Kier molecular flexibility index (Phi) is 5.53. The quantitative estimate of drug-likeness (QED) is 0.254. The van der Waals surface area contributed by atoms with Gasteiger partial charge in [0, 0.05) is 21.8 Å². The lowest BCUT2D eigenvalue weighted by atomic mass is 10.1. The van der Waals surface area contributed by atoms with Crippen LogP contribution in [0.15, 0.2) is 78.9 Å². The number of halogens is 1. The summed E-state index contributed by atoms with van der Waals surface area (Å²) in [4.78, 5) is 11.5. The van der Waals surface area contributed by atoms with Gasteiger partial charge in [-0.15, -0.1) is 10.2 Å². The summed E-state index contributed by atoms with van der Waals surface area (Å²) in [5.74, 6) is 1.35. The second-order valence-electron chi connectivity index (χ2n) is 7.46. The monoisotopic (exact) mass is 474 g/mol. The van der Waals surface area contributed by atoms with Gasteiger partial charge < -0.3 is 5.32 Å². The molecule has 33 heavy (non-hydrogen) atoms. The van der Waals surface area contributed by atoms with Gasteiger partial charge in [0.05, 0.1) is 5.69 Å². The van der Waals surface area contributed by atoms with Crippen molar-refractivity contribution < 1.29 is 4.79 Å². The van der Waals surface area contributed by atoms with Gasteiger partial charge in [-0.05, 0) is 79.8 Å². The largest absolute Gasteiger partial charge is 0.366 e. The molecule has 0 aliphatic carbocycles. The number of aromatic nitrogens is 5. The summed E-state index contributed by atoms with van der Waals surface area (Å²) in [5.41, 5.74) is 3.35. The Morgan fingerprint density at radius 3 is 2.33 bits per heavy atom. The first-order valence-corrected chi connectivity index (χ1v) is 11.0. The SMILES string of the molecule is CC(=O)c1ccc(NCn2nc3n(-c4ccccc4)c(-c4ccc(Cl)cc4)nn3c2=S)cc1. The Morgan fingerprint density at radius 1 is 0.970 bits per heavy atom. The number of fused-ring (bicyclic) bond motifs is 1. The molecule has 164 valence electrons. The van der Waals surface area contributed by atoms with Crippen LogP contribution in [-0.4, -0.2) is 29.7 Å². The van der Waals surface area contributed by atoms with Gasteiger partial charge in [0.25, 0.3) is 5.78 Å². The molecular weight excluding hydrogens is 456 g/mol. The lowest BCUT2D eigenvalue weighted by molar-refractivity contribution is 0.101. The number of hydrogen-bond donors (Lipinski definition) is 1. The van der Waals surface area contributed by atoms with Crippen molar-refractivity contribution in [1.29, 1.82) is 0 Å². The zero-order valence-corrected chi connectivity index (χ0v) is 19.2. The molecule has 0 atom stereocenters. The van der Waals surface area contributed by atoms with Crippen LogP contribution >= 0.6 is 23.8 Å². The molecule has 0 bridgehead atoms. The van der Waals surface area contributed by atoms with Gasteiger partial charge in [-0.25, -0.2) is 4.68 Å². The highest BCUT2D eigenvalue weighted by atomic mass is 35.5.